The van der Waals surface area contributed by atoms with Crippen molar-refractivity contribution in [3.05, 3.63) is 57.1 Å². The molecule has 2 aliphatic heterocycles. The molecule has 1 aromatic carbocycles. The van der Waals surface area contributed by atoms with Gasteiger partial charge in [0.15, 0.2) is 0 Å². The Labute approximate surface area is 253 Å². The summed E-state index contributed by atoms with van der Waals surface area (Å²) in [5.74, 6) is -1.02. The maximum Gasteiger partial charge on any atom is 0.331 e. The molecule has 1 unspecified atom stereocenters. The summed E-state index contributed by atoms with van der Waals surface area (Å²) < 4.78 is 0. The maximum absolute atomic E-state index is 14.4. The zero-order valence-corrected chi connectivity index (χ0v) is 26.4. The smallest absolute Gasteiger partial charge is 0.331 e. The number of amides is 2. The first-order valence-corrected chi connectivity index (χ1v) is 15.1. The topological polar surface area (TPSA) is 90.3 Å². The lowest BCUT2D eigenvalue weighted by atomic mass is 9.82. The lowest BCUT2D eigenvalue weighted by Crippen LogP contribution is -2.59. The van der Waals surface area contributed by atoms with E-state index in [9.17, 15) is 19.5 Å². The third-order valence-corrected chi connectivity index (χ3v) is 8.62. The number of aliphatic imine (C=N–C) groups is 1. The van der Waals surface area contributed by atoms with Gasteiger partial charge in [-0.15, -0.1) is 0 Å². The summed E-state index contributed by atoms with van der Waals surface area (Å²) >= 11 is 12.7. The molecule has 1 atom stereocenters. The molecule has 0 saturated carbocycles. The quantitative estimate of drug-likeness (QED) is 0.383. The van der Waals surface area contributed by atoms with E-state index in [1.165, 1.54) is 0 Å². The first-order valence-electron chi connectivity index (χ1n) is 14.3. The number of benzene rings is 1. The van der Waals surface area contributed by atoms with Gasteiger partial charge in [-0.2, -0.15) is 0 Å². The fourth-order valence-electron chi connectivity index (χ4n) is 5.98. The van der Waals surface area contributed by atoms with Crippen LogP contribution in [0.5, 0.6) is 0 Å². The van der Waals surface area contributed by atoms with Gasteiger partial charge < -0.3 is 14.9 Å². The van der Waals surface area contributed by atoms with E-state index < -0.39 is 17.0 Å². The molecule has 41 heavy (non-hydrogen) atoms. The number of likely N-dealkylation sites (tertiary alicyclic amines) is 1. The van der Waals surface area contributed by atoms with Crippen molar-refractivity contribution in [2.45, 2.75) is 91.8 Å². The van der Waals surface area contributed by atoms with Gasteiger partial charge in [0, 0.05) is 52.5 Å². The number of carboxylic acid groups (broad SMARTS) is 1. The zero-order valence-electron chi connectivity index (χ0n) is 24.9. The number of carbonyl (C=O) groups is 3. The van der Waals surface area contributed by atoms with Crippen LogP contribution in [0.25, 0.3) is 0 Å². The van der Waals surface area contributed by atoms with Crippen molar-refractivity contribution in [2.75, 3.05) is 13.1 Å². The molecule has 9 heteroatoms. The number of hydrogen-bond donors (Lipinski definition) is 1. The van der Waals surface area contributed by atoms with Crippen molar-refractivity contribution in [2.24, 2.45) is 15.8 Å². The number of carbonyl (C=O) groups excluding carboxylic acids is 2. The fraction of sp³-hybridized carbons (Fsp3) is 0.562. The minimum atomic E-state index is -0.917. The Hall–Kier alpha value is -2.64. The van der Waals surface area contributed by atoms with Crippen LogP contribution < -0.4 is 0 Å². The fourth-order valence-corrected chi connectivity index (χ4v) is 6.50. The van der Waals surface area contributed by atoms with E-state index in [0.29, 0.717) is 72.1 Å². The van der Waals surface area contributed by atoms with Gasteiger partial charge in [-0.25, -0.2) is 4.79 Å². The average Bonchev–Trinajstić information content (AvgIpc) is 3.14. The summed E-state index contributed by atoms with van der Waals surface area (Å²) in [7, 11) is 0. The summed E-state index contributed by atoms with van der Waals surface area (Å²) in [6.45, 7) is 13.3. The largest absolute Gasteiger partial charge is 0.478 e. The summed E-state index contributed by atoms with van der Waals surface area (Å²) in [5, 5.41) is 10.4. The highest BCUT2D eigenvalue weighted by atomic mass is 35.5. The second-order valence-electron chi connectivity index (χ2n) is 13.7. The van der Waals surface area contributed by atoms with E-state index in [4.69, 9.17) is 28.2 Å². The summed E-state index contributed by atoms with van der Waals surface area (Å²) in [4.78, 5) is 48.2. The first-order chi connectivity index (χ1) is 19.0. The molecule has 1 aliphatic carbocycles. The number of piperidine rings is 1. The van der Waals surface area contributed by atoms with Gasteiger partial charge in [-0.05, 0) is 54.9 Å². The Morgan fingerprint density at radius 2 is 1.61 bits per heavy atom. The summed E-state index contributed by atoms with van der Waals surface area (Å²) in [5.41, 5.74) is 0.976. The lowest BCUT2D eigenvalue weighted by Gasteiger charge is -2.48. The number of allylic oxidation sites excluding steroid dienone is 2. The van der Waals surface area contributed by atoms with Crippen LogP contribution in [0.15, 0.2) is 46.5 Å². The van der Waals surface area contributed by atoms with Crippen molar-refractivity contribution < 1.29 is 19.5 Å². The van der Waals surface area contributed by atoms with Crippen LogP contribution in [0.1, 0.15) is 85.6 Å². The predicted octanol–water partition coefficient (Wildman–Crippen LogP) is 6.92. The van der Waals surface area contributed by atoms with E-state index in [0.717, 1.165) is 12.0 Å². The minimum Gasteiger partial charge on any atom is -0.478 e. The standard InChI is InChI=1S/C32H41Cl2N3O4/c1-30(2,3)12-11-25(20-7-9-21(10-8-20)28(39)40)37-27(38)26(22-17-23(33)19-24(34)18-22)35-32(37)13-15-36(16-14-32)29(41)31(4,5)6/h7,9,17-19,25H,8,10-16H2,1-6H3,(H,39,40). The molecule has 4 rings (SSSR count). The molecule has 1 fully saturated rings. The highest BCUT2D eigenvalue weighted by Crippen LogP contribution is 2.43. The number of hydrogen-bond acceptors (Lipinski definition) is 4. The second-order valence-corrected chi connectivity index (χ2v) is 14.5. The van der Waals surface area contributed by atoms with Crippen molar-refractivity contribution in [3.63, 3.8) is 0 Å². The van der Waals surface area contributed by atoms with Crippen molar-refractivity contribution in [1.29, 1.82) is 0 Å². The van der Waals surface area contributed by atoms with Gasteiger partial charge in [0.25, 0.3) is 5.91 Å². The van der Waals surface area contributed by atoms with Crippen LogP contribution in [0.4, 0.5) is 0 Å². The van der Waals surface area contributed by atoms with Crippen molar-refractivity contribution in [3.8, 4) is 0 Å². The number of rotatable bonds is 6. The average molecular weight is 603 g/mol. The van der Waals surface area contributed by atoms with Gasteiger partial charge in [-0.3, -0.25) is 14.6 Å². The molecule has 1 N–H and O–H groups in total. The molecule has 3 aliphatic rings. The monoisotopic (exact) mass is 601 g/mol. The lowest BCUT2D eigenvalue weighted by molar-refractivity contribution is -0.144. The Morgan fingerprint density at radius 1 is 1.00 bits per heavy atom. The van der Waals surface area contributed by atoms with Crippen LogP contribution in [0, 0.1) is 10.8 Å². The normalized spacial score (nSPS) is 20.1. The van der Waals surface area contributed by atoms with Crippen LogP contribution >= 0.6 is 23.2 Å². The van der Waals surface area contributed by atoms with E-state index in [1.54, 1.807) is 24.3 Å². The van der Waals surface area contributed by atoms with E-state index in [1.807, 2.05) is 36.6 Å². The van der Waals surface area contributed by atoms with Gasteiger partial charge in [-0.1, -0.05) is 76.9 Å². The summed E-state index contributed by atoms with van der Waals surface area (Å²) in [6.07, 6.45) is 7.10. The van der Waals surface area contributed by atoms with E-state index in [-0.39, 0.29) is 23.3 Å². The minimum absolute atomic E-state index is 0.0259. The van der Waals surface area contributed by atoms with Gasteiger partial charge in [0.2, 0.25) is 5.91 Å². The zero-order chi connectivity index (χ0) is 30.3. The molecule has 2 amide bonds. The van der Waals surface area contributed by atoms with Crippen LogP contribution in [-0.4, -0.2) is 63.2 Å². The number of carboxylic acids is 1. The van der Waals surface area contributed by atoms with Crippen LogP contribution in [0.2, 0.25) is 10.0 Å². The van der Waals surface area contributed by atoms with Crippen molar-refractivity contribution in [1.82, 2.24) is 9.80 Å². The highest BCUT2D eigenvalue weighted by molar-refractivity contribution is 6.48. The Balaban J connectivity index is 1.79. The first kappa shape index (κ1) is 31.3. The van der Waals surface area contributed by atoms with Gasteiger partial charge in [0.05, 0.1) is 6.04 Å². The molecule has 0 bridgehead atoms. The molecule has 7 nitrogen and oxygen atoms in total. The van der Waals surface area contributed by atoms with E-state index >= 15 is 0 Å². The van der Waals surface area contributed by atoms with Gasteiger partial charge >= 0.3 is 5.97 Å². The molecule has 2 heterocycles. The molecule has 1 saturated heterocycles. The molecular formula is C32H41Cl2N3O4. The maximum atomic E-state index is 14.4. The third-order valence-electron chi connectivity index (χ3n) is 8.18. The van der Waals surface area contributed by atoms with Crippen LogP contribution in [0.3, 0.4) is 0 Å². The SMILES string of the molecule is CC(C)(C)CCC(C1=CC=C(C(=O)O)CC1)N1C(=O)C(c2cc(Cl)cc(Cl)c2)=NC12CCN(C(=O)C(C)(C)C)CC2. The molecule has 0 aromatic heterocycles. The molecule has 0 radical (unpaired) electrons. The second kappa shape index (κ2) is 11.6. The number of aliphatic carboxylic acids is 1. The Morgan fingerprint density at radius 3 is 2.10 bits per heavy atom. The highest BCUT2D eigenvalue weighted by Gasteiger charge is 2.53. The number of halogens is 2. The number of nitrogens with zero attached hydrogens (tertiary/aromatic N) is 3. The van der Waals surface area contributed by atoms with Gasteiger partial charge in [0.1, 0.15) is 11.4 Å². The Kier molecular flexibility index (Phi) is 8.83. The molecular weight excluding hydrogens is 561 g/mol. The third kappa shape index (κ3) is 6.89. The molecule has 222 valence electrons. The van der Waals surface area contributed by atoms with Crippen molar-refractivity contribution >= 4 is 46.7 Å². The summed E-state index contributed by atoms with van der Waals surface area (Å²) in [6, 6.07) is 4.79. The van der Waals surface area contributed by atoms with E-state index in [2.05, 4.69) is 20.8 Å². The molecule has 1 aromatic rings. The predicted molar refractivity (Wildman–Crippen MR) is 163 cm³/mol. The molecule has 1 spiro atoms. The Bertz CT molecular complexity index is 1300. The van der Waals surface area contributed by atoms with Crippen LogP contribution in [-0.2, 0) is 14.4 Å².